The Morgan fingerprint density at radius 3 is 2.65 bits per heavy atom. The Hall–Kier alpha value is -3.10. The quantitative estimate of drug-likeness (QED) is 0.123. The Morgan fingerprint density at radius 2 is 2.00 bits per heavy atom. The first-order chi connectivity index (χ1) is 17.4. The molecule has 0 saturated carbocycles. The van der Waals surface area contributed by atoms with Crippen molar-refractivity contribution in [3.8, 4) is 10.6 Å². The number of nitrogen functional groups attached to an aromatic ring is 1. The molecule has 3 N–H and O–H groups in total. The molecule has 0 spiro atoms. The number of anilines is 1. The van der Waals surface area contributed by atoms with Gasteiger partial charge in [-0.05, 0) is 12.8 Å². The van der Waals surface area contributed by atoms with Gasteiger partial charge in [0.15, 0.2) is 5.13 Å². The Labute approximate surface area is 241 Å². The molecular weight excluding hydrogens is 527 g/mol. The van der Waals surface area contributed by atoms with Gasteiger partial charge in [0.2, 0.25) is 0 Å². The zero-order valence-corrected chi connectivity index (χ0v) is 23.5. The number of hydrogen-bond donors (Lipinski definition) is 2. The maximum Gasteiger partial charge on any atom is 1.00 e. The van der Waals surface area contributed by atoms with E-state index >= 15 is 0 Å². The number of aliphatic imine (C=N–C) groups is 1. The van der Waals surface area contributed by atoms with Gasteiger partial charge < -0.3 is 20.8 Å². The predicted molar refractivity (Wildman–Crippen MR) is 133 cm³/mol. The average Bonchev–Trinajstić information content (AvgIpc) is 3.54. The molecule has 5 rings (SSSR count). The number of fused-ring (bicyclic) bond motifs is 1. The Bertz CT molecular complexity index is 1430. The topological polar surface area (TPSA) is 166 Å². The van der Waals surface area contributed by atoms with Gasteiger partial charge in [-0.1, -0.05) is 35.5 Å². The van der Waals surface area contributed by atoms with Crippen LogP contribution in [0, 0.1) is 0 Å². The molecule has 3 aromatic rings. The number of carbonyl (C=O) groups is 2. The van der Waals surface area contributed by atoms with Gasteiger partial charge >= 0.3 is 35.5 Å². The summed E-state index contributed by atoms with van der Waals surface area (Å²) in [5.74, 6) is -2.60. The number of carboxylic acids is 1. The maximum atomic E-state index is 13.0. The van der Waals surface area contributed by atoms with Crippen LogP contribution in [0.4, 0.5) is 5.13 Å². The van der Waals surface area contributed by atoms with Gasteiger partial charge in [0, 0.05) is 27.8 Å². The molecule has 2 aliphatic heterocycles. The molecule has 14 heteroatoms. The smallest absolute Gasteiger partial charge is 0.857 e. The number of aromatic nitrogens is 2. The fraction of sp³-hybridized carbons (Fsp3) is 0.217. The third-order valence-electron chi connectivity index (χ3n) is 5.85. The normalized spacial score (nSPS) is 19.7. The number of aliphatic carboxylic acids is 1. The summed E-state index contributed by atoms with van der Waals surface area (Å²) in [6, 6.07) is 7.97. The van der Waals surface area contributed by atoms with Crippen LogP contribution in [0.3, 0.4) is 0 Å². The van der Waals surface area contributed by atoms with Crippen molar-refractivity contribution in [1.82, 2.24) is 14.9 Å². The number of benzene rings is 1. The van der Waals surface area contributed by atoms with Crippen molar-refractivity contribution in [2.45, 2.75) is 24.9 Å². The van der Waals surface area contributed by atoms with E-state index in [1.165, 1.54) is 28.7 Å². The summed E-state index contributed by atoms with van der Waals surface area (Å²) in [5.41, 5.74) is 7.45. The Morgan fingerprint density at radius 1 is 1.24 bits per heavy atom. The molecule has 4 heterocycles. The number of oxime groups is 1. The van der Waals surface area contributed by atoms with E-state index in [4.69, 9.17) is 10.6 Å². The number of thiazole rings is 2. The van der Waals surface area contributed by atoms with E-state index in [9.17, 15) is 19.8 Å². The second-order valence-corrected chi connectivity index (χ2v) is 9.67. The molecule has 1 fully saturated rings. The number of β-lactam (4-membered cyclic amide) rings is 1. The van der Waals surface area contributed by atoms with Crippen molar-refractivity contribution in [1.29, 1.82) is 0 Å². The van der Waals surface area contributed by atoms with Gasteiger partial charge in [-0.15, -0.1) is 22.7 Å². The fourth-order valence-electron chi connectivity index (χ4n) is 4.27. The molecular formula is C23H19N6NaO5S2. The molecule has 1 amide bonds. The van der Waals surface area contributed by atoms with E-state index in [0.717, 1.165) is 21.9 Å². The summed E-state index contributed by atoms with van der Waals surface area (Å²) in [6.45, 7) is 0. The van der Waals surface area contributed by atoms with Crippen molar-refractivity contribution < 1.29 is 54.2 Å². The Kier molecular flexibility index (Phi) is 8.09. The van der Waals surface area contributed by atoms with E-state index < -0.39 is 29.9 Å². The number of amides is 1. The second kappa shape index (κ2) is 11.1. The number of nitrogens with two attached hydrogens (primary N) is 1. The first kappa shape index (κ1) is 26.9. The fourth-order valence-corrected chi connectivity index (χ4v) is 5.66. The van der Waals surface area contributed by atoms with E-state index in [0.29, 0.717) is 24.1 Å². The maximum absolute atomic E-state index is 13.0. The first-order valence-corrected chi connectivity index (χ1v) is 12.5. The summed E-state index contributed by atoms with van der Waals surface area (Å²) in [7, 11) is 1.27. The van der Waals surface area contributed by atoms with Gasteiger partial charge in [0.1, 0.15) is 35.3 Å². The molecule has 2 atom stereocenters. The largest absolute Gasteiger partial charge is 1.00 e. The predicted octanol–water partition coefficient (Wildman–Crippen LogP) is -1.17. The van der Waals surface area contributed by atoms with Crippen LogP contribution in [0.15, 0.2) is 56.9 Å². The molecule has 0 unspecified atom stereocenters. The number of carboxylic acid groups (broad SMARTS) is 1. The molecule has 0 aliphatic carbocycles. The molecule has 2 aliphatic rings. The SMILES string of the molecule is CO/N=C(/C([O-])=N[C@@H]1C(=O)N2C(C(=O)O)=C(c3csc(-c4ccccc4)n3)CC[C@H]12)c1csc(N)n1.[Na+]. The van der Waals surface area contributed by atoms with Crippen molar-refractivity contribution in [3.05, 3.63) is 58.2 Å². The van der Waals surface area contributed by atoms with Crippen LogP contribution in [-0.4, -0.2) is 62.7 Å². The molecule has 184 valence electrons. The molecule has 37 heavy (non-hydrogen) atoms. The van der Waals surface area contributed by atoms with Gasteiger partial charge in [-0.2, -0.15) is 0 Å². The Balaban J connectivity index is 0.00000320. The molecule has 1 aromatic carbocycles. The standard InChI is InChI=1S/C23H20N6O5S2.Na/c1-34-28-16(14-10-36-23(24)26-14)19(30)27-17-15-8-7-12(18(22(32)33)29(15)21(17)31)13-9-35-20(25-13)11-5-3-2-4-6-11;/h2-6,9-10,15,17H,7-8H2,1H3,(H2,24,26)(H,27,30)(H,32,33);/q;+1/p-1/b28-16+;/t15-,17+;/m1./s1. The van der Waals surface area contributed by atoms with Crippen molar-refractivity contribution in [2.75, 3.05) is 12.8 Å². The number of rotatable bonds is 7. The summed E-state index contributed by atoms with van der Waals surface area (Å²) in [6.07, 6.45) is 0.799. The van der Waals surface area contributed by atoms with Crippen LogP contribution in [0.5, 0.6) is 0 Å². The minimum Gasteiger partial charge on any atom is -0.857 e. The van der Waals surface area contributed by atoms with Gasteiger partial charge in [-0.3, -0.25) is 14.7 Å². The summed E-state index contributed by atoms with van der Waals surface area (Å²) in [5, 5.41) is 30.8. The molecule has 11 nitrogen and oxygen atoms in total. The number of nitrogens with zero attached hydrogens (tertiary/aromatic N) is 5. The van der Waals surface area contributed by atoms with E-state index in [-0.39, 0.29) is 51.8 Å². The van der Waals surface area contributed by atoms with Crippen LogP contribution in [-0.2, 0) is 14.4 Å². The van der Waals surface area contributed by atoms with Gasteiger partial charge in [0.25, 0.3) is 5.91 Å². The molecule has 0 radical (unpaired) electrons. The monoisotopic (exact) mass is 546 g/mol. The van der Waals surface area contributed by atoms with Crippen LogP contribution in [0.2, 0.25) is 0 Å². The number of carbonyl (C=O) groups excluding carboxylic acids is 1. The molecule has 2 aromatic heterocycles. The van der Waals surface area contributed by atoms with Crippen LogP contribution >= 0.6 is 22.7 Å². The van der Waals surface area contributed by atoms with E-state index in [1.807, 2.05) is 30.3 Å². The zero-order valence-electron chi connectivity index (χ0n) is 19.8. The first-order valence-electron chi connectivity index (χ1n) is 10.8. The minimum atomic E-state index is -1.23. The van der Waals surface area contributed by atoms with E-state index in [1.54, 1.807) is 5.38 Å². The second-order valence-electron chi connectivity index (χ2n) is 7.92. The van der Waals surface area contributed by atoms with Crippen molar-refractivity contribution in [2.24, 2.45) is 10.1 Å². The van der Waals surface area contributed by atoms with E-state index in [2.05, 4.69) is 20.1 Å². The number of hydrogen-bond acceptors (Lipinski definition) is 11. The summed E-state index contributed by atoms with van der Waals surface area (Å²) < 4.78 is 0. The zero-order chi connectivity index (χ0) is 25.4. The summed E-state index contributed by atoms with van der Waals surface area (Å²) in [4.78, 5) is 43.9. The van der Waals surface area contributed by atoms with Crippen LogP contribution < -0.4 is 40.4 Å². The van der Waals surface area contributed by atoms with Crippen molar-refractivity contribution in [3.63, 3.8) is 0 Å². The molecule has 1 saturated heterocycles. The third-order valence-corrected chi connectivity index (χ3v) is 7.41. The third kappa shape index (κ3) is 5.05. The minimum absolute atomic E-state index is 0. The van der Waals surface area contributed by atoms with Crippen LogP contribution in [0.25, 0.3) is 16.1 Å². The molecule has 0 bridgehead atoms. The summed E-state index contributed by atoms with van der Waals surface area (Å²) >= 11 is 2.52. The van der Waals surface area contributed by atoms with Crippen molar-refractivity contribution >= 4 is 56.9 Å². The average molecular weight is 547 g/mol. The van der Waals surface area contributed by atoms with Crippen LogP contribution in [0.1, 0.15) is 24.2 Å². The van der Waals surface area contributed by atoms with Gasteiger partial charge in [0.05, 0.1) is 11.7 Å². The van der Waals surface area contributed by atoms with Gasteiger partial charge in [-0.25, -0.2) is 14.8 Å². The number of allylic oxidation sites excluding steroid dienone is 1.